The van der Waals surface area contributed by atoms with E-state index in [-0.39, 0.29) is 0 Å². The van der Waals surface area contributed by atoms with Crippen LogP contribution in [0.2, 0.25) is 0 Å². The maximum Gasteiger partial charge on any atom is -0.0132 e. The molecule has 0 saturated heterocycles. The van der Waals surface area contributed by atoms with Crippen LogP contribution in [-0.4, -0.2) is 0 Å². The van der Waals surface area contributed by atoms with Crippen LogP contribution in [0.3, 0.4) is 0 Å². The number of hydrogen-bond donors (Lipinski definition) is 0. The van der Waals surface area contributed by atoms with Gasteiger partial charge in [-0.2, -0.15) is 0 Å². The molecule has 0 saturated carbocycles. The highest BCUT2D eigenvalue weighted by Crippen LogP contribution is 2.20. The van der Waals surface area contributed by atoms with Crippen LogP contribution in [0.1, 0.15) is 81.7 Å². The fourth-order valence-corrected chi connectivity index (χ4v) is 0.938. The lowest BCUT2D eigenvalue weighted by molar-refractivity contribution is 0.469. The molecular weight excluding hydrogens is 228 g/mol. The smallest absolute Gasteiger partial charge is 0.0132 e. The minimum Gasteiger partial charge on any atom is -0.0683 e. The van der Waals surface area contributed by atoms with Crippen molar-refractivity contribution < 1.29 is 0 Å². The van der Waals surface area contributed by atoms with Crippen LogP contribution in [0.4, 0.5) is 0 Å². The first-order valence-corrected chi connectivity index (χ1v) is 7.66. The third-order valence-corrected chi connectivity index (χ3v) is 1.64. The van der Waals surface area contributed by atoms with E-state index in [1.165, 1.54) is 5.56 Å². The molecule has 19 heavy (non-hydrogen) atoms. The van der Waals surface area contributed by atoms with Gasteiger partial charge in [-0.3, -0.25) is 0 Å². The Morgan fingerprint density at radius 3 is 1.00 bits per heavy atom. The van der Waals surface area contributed by atoms with Crippen molar-refractivity contribution in [3.8, 4) is 0 Å². The van der Waals surface area contributed by atoms with Crippen LogP contribution in [0.15, 0.2) is 30.3 Å². The summed E-state index contributed by atoms with van der Waals surface area (Å²) in [4.78, 5) is 0. The fraction of sp³-hybridized carbons (Fsp3) is 0.684. The van der Waals surface area contributed by atoms with Crippen LogP contribution >= 0.6 is 0 Å². The summed E-state index contributed by atoms with van der Waals surface area (Å²) in [5.74, 6) is 0. The standard InChI is InChI=1S/C10H14.C5H12.2C2H6/c1-10(2,3)9-7-5-4-6-8-9;1-5(2,3)4;2*1-2/h4-8H,1-3H3;1-4H3;2*1-2H3. The minimum absolute atomic E-state index is 0.293. The normalized spacial score (nSPS) is 9.84. The zero-order valence-electron chi connectivity index (χ0n) is 15.4. The second-order valence-corrected chi connectivity index (χ2v) is 6.62. The van der Waals surface area contributed by atoms with E-state index < -0.39 is 0 Å². The Kier molecular flexibility index (Phi) is 15.1. The Morgan fingerprint density at radius 2 is 0.842 bits per heavy atom. The summed E-state index contributed by atoms with van der Waals surface area (Å²) in [5.41, 5.74) is 2.19. The van der Waals surface area contributed by atoms with E-state index in [9.17, 15) is 0 Å². The van der Waals surface area contributed by atoms with Gasteiger partial charge in [0.05, 0.1) is 0 Å². The molecular formula is C19H38. The van der Waals surface area contributed by atoms with Gasteiger partial charge in [0, 0.05) is 0 Å². The molecule has 0 heteroatoms. The average molecular weight is 267 g/mol. The Morgan fingerprint density at radius 1 is 0.579 bits per heavy atom. The molecule has 0 N–H and O–H groups in total. The second-order valence-electron chi connectivity index (χ2n) is 6.62. The average Bonchev–Trinajstić information content (AvgIpc) is 2.32. The van der Waals surface area contributed by atoms with E-state index in [0.717, 1.165) is 0 Å². The van der Waals surface area contributed by atoms with Crippen molar-refractivity contribution >= 4 is 0 Å². The minimum atomic E-state index is 0.293. The first-order chi connectivity index (χ1) is 8.61. The molecule has 0 radical (unpaired) electrons. The van der Waals surface area contributed by atoms with E-state index >= 15 is 0 Å². The predicted octanol–water partition coefficient (Wildman–Crippen LogP) is 7.09. The monoisotopic (exact) mass is 266 g/mol. The highest BCUT2D eigenvalue weighted by Gasteiger charge is 2.11. The largest absolute Gasteiger partial charge is 0.0683 e. The molecule has 1 aromatic rings. The molecule has 0 bridgehead atoms. The molecule has 0 heterocycles. The summed E-state index contributed by atoms with van der Waals surface area (Å²) in [5, 5.41) is 0. The van der Waals surface area contributed by atoms with E-state index in [1.54, 1.807) is 0 Å². The Bertz CT molecular complexity index is 250. The SMILES string of the molecule is CC.CC.CC(C)(C)C.CC(C)(C)c1ccccc1. The Labute approximate surface area is 123 Å². The molecule has 0 aromatic heterocycles. The summed E-state index contributed by atoms with van der Waals surface area (Å²) in [6.45, 7) is 23.4. The van der Waals surface area contributed by atoms with Crippen LogP contribution in [0.25, 0.3) is 0 Å². The summed E-state index contributed by atoms with van der Waals surface area (Å²) in [6.07, 6.45) is 0. The van der Waals surface area contributed by atoms with E-state index in [2.05, 4.69) is 78.8 Å². The predicted molar refractivity (Wildman–Crippen MR) is 93.0 cm³/mol. The maximum absolute atomic E-state index is 2.22. The van der Waals surface area contributed by atoms with Crippen molar-refractivity contribution in [3.63, 3.8) is 0 Å². The Balaban J connectivity index is -0.000000242. The Hall–Kier alpha value is -0.780. The molecule has 0 amide bonds. The number of rotatable bonds is 0. The lowest BCUT2D eigenvalue weighted by Gasteiger charge is -2.18. The molecule has 0 unspecified atom stereocenters. The molecule has 1 aromatic carbocycles. The molecule has 0 aliphatic rings. The van der Waals surface area contributed by atoms with Gasteiger partial charge in [-0.25, -0.2) is 0 Å². The van der Waals surface area contributed by atoms with Gasteiger partial charge in [0.15, 0.2) is 0 Å². The molecule has 114 valence electrons. The maximum atomic E-state index is 2.22. The zero-order chi connectivity index (χ0) is 16.1. The van der Waals surface area contributed by atoms with Gasteiger partial charge in [-0.15, -0.1) is 0 Å². The van der Waals surface area contributed by atoms with E-state index in [0.29, 0.717) is 10.8 Å². The van der Waals surface area contributed by atoms with Crippen LogP contribution < -0.4 is 0 Å². The molecule has 0 aliphatic heterocycles. The molecule has 0 fully saturated rings. The summed E-state index contributed by atoms with van der Waals surface area (Å²) < 4.78 is 0. The molecule has 0 aliphatic carbocycles. The third-order valence-electron chi connectivity index (χ3n) is 1.64. The number of benzene rings is 1. The van der Waals surface area contributed by atoms with E-state index in [1.807, 2.05) is 27.7 Å². The molecule has 0 spiro atoms. The number of hydrogen-bond acceptors (Lipinski definition) is 0. The first-order valence-electron chi connectivity index (χ1n) is 7.66. The summed E-state index contributed by atoms with van der Waals surface area (Å²) in [6, 6.07) is 10.6. The summed E-state index contributed by atoms with van der Waals surface area (Å²) >= 11 is 0. The van der Waals surface area contributed by atoms with Gasteiger partial charge in [0.2, 0.25) is 0 Å². The van der Waals surface area contributed by atoms with Crippen molar-refractivity contribution in [1.29, 1.82) is 0 Å². The molecule has 0 nitrogen and oxygen atoms in total. The highest BCUT2D eigenvalue weighted by molar-refractivity contribution is 5.21. The van der Waals surface area contributed by atoms with Gasteiger partial charge in [-0.1, -0.05) is 106 Å². The first kappa shape index (κ1) is 23.3. The lowest BCUT2D eigenvalue weighted by Crippen LogP contribution is -2.10. The second kappa shape index (κ2) is 12.3. The quantitative estimate of drug-likeness (QED) is 0.470. The van der Waals surface area contributed by atoms with Gasteiger partial charge in [0.25, 0.3) is 0 Å². The van der Waals surface area contributed by atoms with Gasteiger partial charge in [-0.05, 0) is 16.4 Å². The van der Waals surface area contributed by atoms with Crippen molar-refractivity contribution in [2.45, 2.75) is 81.6 Å². The van der Waals surface area contributed by atoms with Crippen molar-refractivity contribution in [3.05, 3.63) is 35.9 Å². The molecule has 1 rings (SSSR count). The van der Waals surface area contributed by atoms with Crippen molar-refractivity contribution in [2.75, 3.05) is 0 Å². The van der Waals surface area contributed by atoms with Gasteiger partial charge >= 0.3 is 0 Å². The molecule has 0 atom stereocenters. The van der Waals surface area contributed by atoms with Crippen molar-refractivity contribution in [2.24, 2.45) is 5.41 Å². The van der Waals surface area contributed by atoms with Crippen LogP contribution in [0.5, 0.6) is 0 Å². The zero-order valence-corrected chi connectivity index (χ0v) is 15.4. The summed E-state index contributed by atoms with van der Waals surface area (Å²) in [7, 11) is 0. The van der Waals surface area contributed by atoms with Crippen LogP contribution in [-0.2, 0) is 5.41 Å². The third kappa shape index (κ3) is 22.8. The lowest BCUT2D eigenvalue weighted by atomic mass is 9.87. The van der Waals surface area contributed by atoms with Crippen LogP contribution in [0, 0.1) is 5.41 Å². The van der Waals surface area contributed by atoms with Crippen molar-refractivity contribution in [1.82, 2.24) is 0 Å². The van der Waals surface area contributed by atoms with Gasteiger partial charge < -0.3 is 0 Å². The highest BCUT2D eigenvalue weighted by atomic mass is 14.2. The fourth-order valence-electron chi connectivity index (χ4n) is 0.938. The van der Waals surface area contributed by atoms with E-state index in [4.69, 9.17) is 0 Å². The topological polar surface area (TPSA) is 0 Å². The van der Waals surface area contributed by atoms with Gasteiger partial charge in [0.1, 0.15) is 0 Å².